The first kappa shape index (κ1) is 13.7. The highest BCUT2D eigenvalue weighted by atomic mass is 19.1. The van der Waals surface area contributed by atoms with Gasteiger partial charge in [0, 0.05) is 6.42 Å². The fourth-order valence-corrected chi connectivity index (χ4v) is 1.58. The van der Waals surface area contributed by atoms with Gasteiger partial charge in [0.25, 0.3) is 0 Å². The third-order valence-corrected chi connectivity index (χ3v) is 2.62. The van der Waals surface area contributed by atoms with E-state index in [0.29, 0.717) is 12.3 Å². The Hall–Kier alpha value is -1.40. The molecule has 3 heteroatoms. The van der Waals surface area contributed by atoms with Crippen LogP contribution in [0.15, 0.2) is 24.3 Å². The summed E-state index contributed by atoms with van der Waals surface area (Å²) in [4.78, 5) is 0. The molecule has 0 saturated carbocycles. The second-order valence-corrected chi connectivity index (χ2v) is 5.02. The molecule has 92 valence electrons. The average molecular weight is 234 g/mol. The summed E-state index contributed by atoms with van der Waals surface area (Å²) in [5.41, 5.74) is 0.369. The lowest BCUT2D eigenvalue weighted by Crippen LogP contribution is -2.44. The van der Waals surface area contributed by atoms with Crippen molar-refractivity contribution in [3.8, 4) is 6.07 Å². The van der Waals surface area contributed by atoms with Gasteiger partial charge < -0.3 is 0 Å². The van der Waals surface area contributed by atoms with Crippen molar-refractivity contribution in [3.63, 3.8) is 0 Å². The number of nitrogens with zero attached hydrogens (tertiary/aromatic N) is 1. The molecule has 1 rings (SSSR count). The van der Waals surface area contributed by atoms with E-state index in [4.69, 9.17) is 0 Å². The van der Waals surface area contributed by atoms with Gasteiger partial charge in [0.2, 0.25) is 0 Å². The van der Waals surface area contributed by atoms with Gasteiger partial charge in [-0.2, -0.15) is 5.26 Å². The molecule has 0 saturated heterocycles. The van der Waals surface area contributed by atoms with Crippen molar-refractivity contribution in [3.05, 3.63) is 35.6 Å². The summed E-state index contributed by atoms with van der Waals surface area (Å²) in [6.45, 7) is 6.87. The maximum Gasteiger partial charge on any atom is 0.123 e. The number of nitriles is 1. The van der Waals surface area contributed by atoms with Crippen LogP contribution in [0, 0.1) is 23.1 Å². The van der Waals surface area contributed by atoms with E-state index in [1.165, 1.54) is 12.1 Å². The molecule has 1 N–H and O–H groups in total. The lowest BCUT2D eigenvalue weighted by atomic mass is 9.93. The summed E-state index contributed by atoms with van der Waals surface area (Å²) in [5.74, 6) is 0.249. The summed E-state index contributed by atoms with van der Waals surface area (Å²) in [6.07, 6.45) is 0.580. The van der Waals surface area contributed by atoms with E-state index in [1.54, 1.807) is 12.1 Å². The molecule has 0 bridgehead atoms. The van der Waals surface area contributed by atoms with Crippen LogP contribution in [-0.4, -0.2) is 12.1 Å². The minimum atomic E-state index is -0.595. The third-order valence-electron chi connectivity index (χ3n) is 2.62. The van der Waals surface area contributed by atoms with Crippen molar-refractivity contribution in [2.45, 2.75) is 32.7 Å². The zero-order chi connectivity index (χ0) is 12.9. The summed E-state index contributed by atoms with van der Waals surface area (Å²) < 4.78 is 12.8. The molecule has 0 aliphatic carbocycles. The number of hydrogen-bond donors (Lipinski definition) is 1. The quantitative estimate of drug-likeness (QED) is 0.850. The summed E-state index contributed by atoms with van der Waals surface area (Å²) in [5, 5.41) is 12.5. The minimum Gasteiger partial charge on any atom is -0.299 e. The molecule has 1 atom stereocenters. The zero-order valence-electron chi connectivity index (χ0n) is 10.6. The monoisotopic (exact) mass is 234 g/mol. The van der Waals surface area contributed by atoms with E-state index < -0.39 is 5.54 Å². The van der Waals surface area contributed by atoms with Crippen LogP contribution >= 0.6 is 0 Å². The van der Waals surface area contributed by atoms with Crippen LogP contribution < -0.4 is 5.32 Å². The predicted molar refractivity (Wildman–Crippen MR) is 67.0 cm³/mol. The molecule has 0 aliphatic rings. The van der Waals surface area contributed by atoms with E-state index in [9.17, 15) is 9.65 Å². The predicted octanol–water partition coefficient (Wildman–Crippen LogP) is 2.90. The smallest absolute Gasteiger partial charge is 0.123 e. The molecule has 0 aromatic heterocycles. The van der Waals surface area contributed by atoms with E-state index in [1.807, 2.05) is 6.92 Å². The van der Waals surface area contributed by atoms with E-state index in [2.05, 4.69) is 25.2 Å². The van der Waals surface area contributed by atoms with Crippen molar-refractivity contribution in [1.29, 1.82) is 5.26 Å². The van der Waals surface area contributed by atoms with Gasteiger partial charge in [0.15, 0.2) is 0 Å². The van der Waals surface area contributed by atoms with Gasteiger partial charge in [-0.05, 0) is 37.1 Å². The van der Waals surface area contributed by atoms with Crippen molar-refractivity contribution in [2.24, 2.45) is 5.92 Å². The number of nitrogens with one attached hydrogen (secondary N) is 1. The first-order chi connectivity index (χ1) is 7.95. The Kier molecular flexibility index (Phi) is 4.65. The molecule has 0 fully saturated rings. The SMILES string of the molecule is CC(C)CNC(C)(C#N)Cc1ccc(F)cc1. The molecule has 0 amide bonds. The van der Waals surface area contributed by atoms with Crippen molar-refractivity contribution >= 4 is 0 Å². The summed E-state index contributed by atoms with van der Waals surface area (Å²) >= 11 is 0. The lowest BCUT2D eigenvalue weighted by Gasteiger charge is -2.24. The normalized spacial score (nSPS) is 14.4. The van der Waals surface area contributed by atoms with Crippen LogP contribution in [-0.2, 0) is 6.42 Å². The Morgan fingerprint density at radius 3 is 2.41 bits per heavy atom. The van der Waals surface area contributed by atoms with E-state index >= 15 is 0 Å². The van der Waals surface area contributed by atoms with Gasteiger partial charge in [-0.15, -0.1) is 0 Å². The minimum absolute atomic E-state index is 0.248. The lowest BCUT2D eigenvalue weighted by molar-refractivity contribution is 0.409. The fourth-order valence-electron chi connectivity index (χ4n) is 1.58. The largest absolute Gasteiger partial charge is 0.299 e. The van der Waals surface area contributed by atoms with Gasteiger partial charge in [-0.1, -0.05) is 26.0 Å². The Balaban J connectivity index is 2.68. The topological polar surface area (TPSA) is 35.8 Å². The van der Waals surface area contributed by atoms with Crippen LogP contribution in [0.2, 0.25) is 0 Å². The van der Waals surface area contributed by atoms with Crippen molar-refractivity contribution in [1.82, 2.24) is 5.32 Å². The van der Waals surface area contributed by atoms with Crippen LogP contribution in [0.25, 0.3) is 0 Å². The molecular formula is C14H19FN2. The first-order valence-electron chi connectivity index (χ1n) is 5.86. The number of benzene rings is 1. The second-order valence-electron chi connectivity index (χ2n) is 5.02. The molecule has 1 unspecified atom stereocenters. The highest BCUT2D eigenvalue weighted by Gasteiger charge is 2.23. The Bertz CT molecular complexity index is 392. The maximum absolute atomic E-state index is 12.8. The average Bonchev–Trinajstić information content (AvgIpc) is 2.30. The van der Waals surface area contributed by atoms with Gasteiger partial charge in [0.05, 0.1) is 6.07 Å². The van der Waals surface area contributed by atoms with Crippen LogP contribution in [0.1, 0.15) is 26.3 Å². The molecule has 0 spiro atoms. The maximum atomic E-state index is 12.8. The third kappa shape index (κ3) is 4.54. The molecule has 0 heterocycles. The first-order valence-corrected chi connectivity index (χ1v) is 5.86. The van der Waals surface area contributed by atoms with Crippen LogP contribution in [0.4, 0.5) is 4.39 Å². The zero-order valence-corrected chi connectivity index (χ0v) is 10.6. The second kappa shape index (κ2) is 5.79. The van der Waals surface area contributed by atoms with Gasteiger partial charge >= 0.3 is 0 Å². The Morgan fingerprint density at radius 2 is 1.94 bits per heavy atom. The van der Waals surface area contributed by atoms with Crippen molar-refractivity contribution in [2.75, 3.05) is 6.54 Å². The highest BCUT2D eigenvalue weighted by molar-refractivity contribution is 5.22. The van der Waals surface area contributed by atoms with Gasteiger partial charge in [-0.25, -0.2) is 4.39 Å². The Morgan fingerprint density at radius 1 is 1.35 bits per heavy atom. The molecule has 17 heavy (non-hydrogen) atoms. The Labute approximate surface area is 102 Å². The number of rotatable bonds is 5. The van der Waals surface area contributed by atoms with Crippen LogP contribution in [0.5, 0.6) is 0 Å². The summed E-state index contributed by atoms with van der Waals surface area (Å²) in [7, 11) is 0. The molecular weight excluding hydrogens is 215 g/mol. The van der Waals surface area contributed by atoms with Crippen LogP contribution in [0.3, 0.4) is 0 Å². The standard InChI is InChI=1S/C14H19FN2/c1-11(2)9-17-14(3,10-16)8-12-4-6-13(15)7-5-12/h4-7,11,17H,8-9H2,1-3H3. The number of halogens is 1. The molecule has 0 radical (unpaired) electrons. The van der Waals surface area contributed by atoms with Gasteiger partial charge in [0.1, 0.15) is 11.4 Å². The van der Waals surface area contributed by atoms with Crippen molar-refractivity contribution < 1.29 is 4.39 Å². The molecule has 1 aromatic carbocycles. The molecule has 0 aliphatic heterocycles. The van der Waals surface area contributed by atoms with E-state index in [-0.39, 0.29) is 5.82 Å². The fraction of sp³-hybridized carbons (Fsp3) is 0.500. The number of hydrogen-bond acceptors (Lipinski definition) is 2. The molecule has 2 nitrogen and oxygen atoms in total. The summed E-state index contributed by atoms with van der Waals surface area (Å²) in [6, 6.07) is 8.59. The highest BCUT2D eigenvalue weighted by Crippen LogP contribution is 2.13. The van der Waals surface area contributed by atoms with E-state index in [0.717, 1.165) is 12.1 Å². The molecule has 1 aromatic rings. The van der Waals surface area contributed by atoms with Gasteiger partial charge in [-0.3, -0.25) is 5.32 Å².